The molecule has 3 aliphatic rings. The minimum atomic E-state index is -0.387. The number of rotatable bonds is 5. The van der Waals surface area contributed by atoms with Crippen molar-refractivity contribution in [2.24, 2.45) is 5.92 Å². The van der Waals surface area contributed by atoms with Crippen molar-refractivity contribution in [3.63, 3.8) is 0 Å². The predicted molar refractivity (Wildman–Crippen MR) is 85.0 cm³/mol. The van der Waals surface area contributed by atoms with Gasteiger partial charge in [0, 0.05) is 43.9 Å². The summed E-state index contributed by atoms with van der Waals surface area (Å²) in [5.41, 5.74) is 0. The molecule has 3 fully saturated rings. The third-order valence-corrected chi connectivity index (χ3v) is 5.76. The topological polar surface area (TPSA) is 62.5 Å². The molecule has 1 atom stereocenters. The molecule has 4 rings (SSSR count). The molecule has 3 heterocycles. The number of halogens is 1. The molecule has 1 aromatic rings. The number of amides is 1. The van der Waals surface area contributed by atoms with Gasteiger partial charge >= 0.3 is 0 Å². The summed E-state index contributed by atoms with van der Waals surface area (Å²) >= 11 is 0. The largest absolute Gasteiger partial charge is 0.339 e. The van der Waals surface area contributed by atoms with Gasteiger partial charge in [0.2, 0.25) is 11.8 Å². The van der Waals surface area contributed by atoms with Crippen LogP contribution in [0.3, 0.4) is 0 Å². The lowest BCUT2D eigenvalue weighted by Crippen LogP contribution is -2.45. The van der Waals surface area contributed by atoms with E-state index in [1.807, 2.05) is 4.90 Å². The molecular weight excluding hydrogens is 311 g/mol. The van der Waals surface area contributed by atoms with Gasteiger partial charge in [-0.1, -0.05) is 11.6 Å². The molecule has 0 N–H and O–H groups in total. The first-order valence-electron chi connectivity index (χ1n) is 9.13. The molecule has 0 spiro atoms. The van der Waals surface area contributed by atoms with Gasteiger partial charge in [-0.2, -0.15) is 4.98 Å². The lowest BCUT2D eigenvalue weighted by atomic mass is 9.85. The molecule has 6 nitrogen and oxygen atoms in total. The fraction of sp³-hybridized carbons (Fsp3) is 0.824. The maximum Gasteiger partial charge on any atom is 0.229 e. The number of carbonyl (C=O) groups excluding carboxylic acids is 1. The maximum absolute atomic E-state index is 12.8. The van der Waals surface area contributed by atoms with Gasteiger partial charge in [-0.05, 0) is 25.7 Å². The molecule has 1 amide bonds. The number of alkyl halides is 1. The summed E-state index contributed by atoms with van der Waals surface area (Å²) in [5, 5.41) is 4.11. The van der Waals surface area contributed by atoms with E-state index in [2.05, 4.69) is 15.0 Å². The van der Waals surface area contributed by atoms with Crippen LogP contribution in [0, 0.1) is 5.92 Å². The first-order chi connectivity index (χ1) is 11.7. The zero-order valence-corrected chi connectivity index (χ0v) is 14.0. The van der Waals surface area contributed by atoms with Crippen LogP contribution in [0.1, 0.15) is 56.2 Å². The molecular formula is C17H25FN4O2. The highest BCUT2D eigenvalue weighted by atomic mass is 19.1. The number of hydrogen-bond acceptors (Lipinski definition) is 5. The molecule has 1 saturated carbocycles. The van der Waals surface area contributed by atoms with E-state index in [9.17, 15) is 9.18 Å². The molecule has 0 bridgehead atoms. The normalized spacial score (nSPS) is 27.0. The third-order valence-electron chi connectivity index (χ3n) is 5.76. The lowest BCUT2D eigenvalue weighted by molar-refractivity contribution is -0.130. The quantitative estimate of drug-likeness (QED) is 0.824. The van der Waals surface area contributed by atoms with Gasteiger partial charge in [-0.25, -0.2) is 0 Å². The predicted octanol–water partition coefficient (Wildman–Crippen LogP) is 2.12. The summed E-state index contributed by atoms with van der Waals surface area (Å²) < 4.78 is 18.2. The Kier molecular flexibility index (Phi) is 4.52. The van der Waals surface area contributed by atoms with Gasteiger partial charge in [-0.3, -0.25) is 14.1 Å². The van der Waals surface area contributed by atoms with E-state index in [1.165, 1.54) is 6.42 Å². The second kappa shape index (κ2) is 6.78. The van der Waals surface area contributed by atoms with Crippen molar-refractivity contribution >= 4 is 5.91 Å². The Hall–Kier alpha value is -1.50. The smallest absolute Gasteiger partial charge is 0.229 e. The number of likely N-dealkylation sites (tertiary alicyclic amines) is 2. The number of hydrogen-bond donors (Lipinski definition) is 0. The van der Waals surface area contributed by atoms with Crippen LogP contribution in [-0.4, -0.2) is 58.2 Å². The molecule has 0 aromatic carbocycles. The average molecular weight is 336 g/mol. The Morgan fingerprint density at radius 1 is 1.21 bits per heavy atom. The van der Waals surface area contributed by atoms with E-state index in [4.69, 9.17) is 4.52 Å². The van der Waals surface area contributed by atoms with Crippen LogP contribution in [0.15, 0.2) is 4.52 Å². The summed E-state index contributed by atoms with van der Waals surface area (Å²) in [6.45, 7) is 2.76. The van der Waals surface area contributed by atoms with Crippen LogP contribution in [0.2, 0.25) is 0 Å². The molecule has 2 saturated heterocycles. The van der Waals surface area contributed by atoms with Crippen LogP contribution in [-0.2, 0) is 11.3 Å². The van der Waals surface area contributed by atoms with Crippen molar-refractivity contribution in [3.05, 3.63) is 11.7 Å². The van der Waals surface area contributed by atoms with E-state index < -0.39 is 0 Å². The van der Waals surface area contributed by atoms with Crippen molar-refractivity contribution in [3.8, 4) is 0 Å². The van der Waals surface area contributed by atoms with Crippen molar-refractivity contribution in [1.82, 2.24) is 19.9 Å². The number of piperidine rings is 1. The molecule has 2 aliphatic heterocycles. The van der Waals surface area contributed by atoms with Crippen LogP contribution in [0.4, 0.5) is 4.39 Å². The van der Waals surface area contributed by atoms with Crippen LogP contribution in [0.25, 0.3) is 0 Å². The van der Waals surface area contributed by atoms with E-state index in [-0.39, 0.29) is 24.5 Å². The first-order valence-corrected chi connectivity index (χ1v) is 9.13. The Balaban J connectivity index is 1.27. The lowest BCUT2D eigenvalue weighted by Gasteiger charge is -2.36. The Morgan fingerprint density at radius 3 is 2.62 bits per heavy atom. The Morgan fingerprint density at radius 2 is 2.00 bits per heavy atom. The van der Waals surface area contributed by atoms with Crippen molar-refractivity contribution < 1.29 is 13.7 Å². The summed E-state index contributed by atoms with van der Waals surface area (Å²) in [5.74, 6) is 2.07. The van der Waals surface area contributed by atoms with Crippen molar-refractivity contribution in [2.45, 2.75) is 57.0 Å². The minimum Gasteiger partial charge on any atom is -0.339 e. The van der Waals surface area contributed by atoms with Gasteiger partial charge in [0.1, 0.15) is 0 Å². The maximum atomic E-state index is 12.8. The number of nitrogens with zero attached hydrogens (tertiary/aromatic N) is 4. The Bertz CT molecular complexity index is 581. The molecule has 132 valence electrons. The second-order valence-electron chi connectivity index (χ2n) is 7.45. The first kappa shape index (κ1) is 16.0. The minimum absolute atomic E-state index is 0.0974. The van der Waals surface area contributed by atoms with Crippen LogP contribution in [0.5, 0.6) is 0 Å². The number of aromatic nitrogens is 2. The molecule has 7 heteroatoms. The fourth-order valence-corrected chi connectivity index (χ4v) is 4.01. The van der Waals surface area contributed by atoms with Crippen molar-refractivity contribution in [1.29, 1.82) is 0 Å². The van der Waals surface area contributed by atoms with E-state index in [0.717, 1.165) is 50.5 Å². The zero-order valence-electron chi connectivity index (χ0n) is 14.0. The highest BCUT2D eigenvalue weighted by Gasteiger charge is 2.36. The molecule has 1 unspecified atom stereocenters. The monoisotopic (exact) mass is 336 g/mol. The summed E-state index contributed by atoms with van der Waals surface area (Å²) in [7, 11) is 0. The van der Waals surface area contributed by atoms with Crippen LogP contribution >= 0.6 is 0 Å². The van der Waals surface area contributed by atoms with Crippen LogP contribution < -0.4 is 0 Å². The summed E-state index contributed by atoms with van der Waals surface area (Å²) in [4.78, 5) is 20.8. The highest BCUT2D eigenvalue weighted by molar-refractivity contribution is 5.79. The van der Waals surface area contributed by atoms with E-state index in [1.54, 1.807) is 0 Å². The molecule has 1 aromatic heterocycles. The molecule has 1 aliphatic carbocycles. The Labute approximate surface area is 141 Å². The van der Waals surface area contributed by atoms with E-state index >= 15 is 0 Å². The SMILES string of the molecule is O=C1CC(CF)CN1C1CCN(Cc2noc(C3CCC3)n2)CC1. The summed E-state index contributed by atoms with van der Waals surface area (Å²) in [6.07, 6.45) is 5.85. The zero-order chi connectivity index (χ0) is 16.5. The van der Waals surface area contributed by atoms with Gasteiger partial charge < -0.3 is 9.42 Å². The highest BCUT2D eigenvalue weighted by Crippen LogP contribution is 2.35. The molecule has 24 heavy (non-hydrogen) atoms. The third kappa shape index (κ3) is 3.18. The van der Waals surface area contributed by atoms with Gasteiger partial charge in [0.15, 0.2) is 5.82 Å². The van der Waals surface area contributed by atoms with Gasteiger partial charge in [-0.15, -0.1) is 0 Å². The molecule has 0 radical (unpaired) electrons. The average Bonchev–Trinajstić information content (AvgIpc) is 3.13. The van der Waals surface area contributed by atoms with E-state index in [0.29, 0.717) is 25.4 Å². The van der Waals surface area contributed by atoms with Gasteiger partial charge in [0.25, 0.3) is 0 Å². The van der Waals surface area contributed by atoms with Crippen molar-refractivity contribution in [2.75, 3.05) is 26.3 Å². The fourth-order valence-electron chi connectivity index (χ4n) is 4.01. The van der Waals surface area contributed by atoms with Gasteiger partial charge in [0.05, 0.1) is 13.2 Å². The summed E-state index contributed by atoms with van der Waals surface area (Å²) in [6, 6.07) is 0.265. The standard InChI is InChI=1S/C17H25FN4O2/c18-9-12-8-16(23)22(10-12)14-4-6-21(7-5-14)11-15-19-17(24-20-15)13-2-1-3-13/h12-14H,1-11H2. The number of carbonyl (C=O) groups is 1. The second-order valence-corrected chi connectivity index (χ2v) is 7.45.